The Morgan fingerprint density at radius 2 is 0.677 bits per heavy atom. The summed E-state index contributed by atoms with van der Waals surface area (Å²) in [5.74, 6) is -0.972. The lowest BCUT2D eigenvalue weighted by Crippen LogP contribution is -2.30. The molecule has 0 aliphatic carbocycles. The lowest BCUT2D eigenvalue weighted by molar-refractivity contribution is -0.167. The van der Waals surface area contributed by atoms with E-state index >= 15 is 0 Å². The van der Waals surface area contributed by atoms with Gasteiger partial charge < -0.3 is 14.2 Å². The van der Waals surface area contributed by atoms with Crippen molar-refractivity contribution in [1.29, 1.82) is 0 Å². The summed E-state index contributed by atoms with van der Waals surface area (Å²) in [4.78, 5) is 37.9. The highest BCUT2D eigenvalue weighted by Crippen LogP contribution is 2.13. The molecule has 0 aromatic heterocycles. The second-order valence-electron chi connectivity index (χ2n) is 16.7. The first-order valence-corrected chi connectivity index (χ1v) is 25.6. The molecule has 0 heterocycles. The summed E-state index contributed by atoms with van der Waals surface area (Å²) in [5.41, 5.74) is 0. The van der Waals surface area contributed by atoms with E-state index in [1.54, 1.807) is 0 Å². The van der Waals surface area contributed by atoms with E-state index in [2.05, 4.69) is 106 Å². The first-order valence-electron chi connectivity index (χ1n) is 25.6. The van der Waals surface area contributed by atoms with Crippen LogP contribution in [-0.4, -0.2) is 37.2 Å². The summed E-state index contributed by atoms with van der Waals surface area (Å²) >= 11 is 0. The number of hydrogen-bond acceptors (Lipinski definition) is 6. The van der Waals surface area contributed by atoms with Gasteiger partial charge in [-0.2, -0.15) is 0 Å². The predicted molar refractivity (Wildman–Crippen MR) is 265 cm³/mol. The zero-order valence-corrected chi connectivity index (χ0v) is 40.4. The summed E-state index contributed by atoms with van der Waals surface area (Å²) < 4.78 is 16.7. The highest BCUT2D eigenvalue weighted by molar-refractivity contribution is 5.71. The Kier molecular flexibility index (Phi) is 47.5. The molecule has 1 atom stereocenters. The van der Waals surface area contributed by atoms with Crippen LogP contribution >= 0.6 is 0 Å². The van der Waals surface area contributed by atoms with Gasteiger partial charge in [0.25, 0.3) is 0 Å². The van der Waals surface area contributed by atoms with Gasteiger partial charge in [0, 0.05) is 19.3 Å². The summed E-state index contributed by atoms with van der Waals surface area (Å²) in [5, 5.41) is 0. The van der Waals surface area contributed by atoms with Crippen LogP contribution in [0.25, 0.3) is 0 Å². The average molecular weight is 863 g/mol. The van der Waals surface area contributed by atoms with Crippen LogP contribution in [-0.2, 0) is 28.6 Å². The van der Waals surface area contributed by atoms with Crippen molar-refractivity contribution in [3.8, 4) is 0 Å². The van der Waals surface area contributed by atoms with Crippen molar-refractivity contribution < 1.29 is 28.6 Å². The van der Waals surface area contributed by atoms with Crippen LogP contribution in [0.5, 0.6) is 0 Å². The Balaban J connectivity index is 4.50. The molecule has 0 spiro atoms. The first kappa shape index (κ1) is 58.6. The van der Waals surface area contributed by atoms with Crippen molar-refractivity contribution in [2.75, 3.05) is 13.2 Å². The van der Waals surface area contributed by atoms with Crippen LogP contribution in [0.1, 0.15) is 233 Å². The smallest absolute Gasteiger partial charge is 0.306 e. The molecular weight excluding hydrogens is 769 g/mol. The minimum atomic E-state index is -0.806. The molecule has 0 saturated heterocycles. The quantitative estimate of drug-likeness (QED) is 0.0199. The van der Waals surface area contributed by atoms with Crippen molar-refractivity contribution >= 4 is 17.9 Å². The summed E-state index contributed by atoms with van der Waals surface area (Å²) in [7, 11) is 0. The lowest BCUT2D eigenvalue weighted by atomic mass is 10.1. The Labute approximate surface area is 382 Å². The molecule has 0 saturated carbocycles. The zero-order valence-electron chi connectivity index (χ0n) is 40.4. The molecule has 0 rings (SSSR count). The highest BCUT2D eigenvalue weighted by atomic mass is 16.6. The number of allylic oxidation sites excluding steroid dienone is 14. The number of ether oxygens (including phenoxy) is 3. The van der Waals surface area contributed by atoms with Crippen LogP contribution in [0.2, 0.25) is 0 Å². The number of unbranched alkanes of at least 4 members (excludes halogenated alkanes) is 21. The van der Waals surface area contributed by atoms with E-state index in [1.165, 1.54) is 77.0 Å². The van der Waals surface area contributed by atoms with E-state index in [4.69, 9.17) is 14.2 Å². The van der Waals surface area contributed by atoms with Crippen molar-refractivity contribution in [2.24, 2.45) is 0 Å². The number of hydrogen-bond donors (Lipinski definition) is 0. The second-order valence-corrected chi connectivity index (χ2v) is 16.7. The minimum Gasteiger partial charge on any atom is -0.462 e. The summed E-state index contributed by atoms with van der Waals surface area (Å²) in [6.07, 6.45) is 64.2. The van der Waals surface area contributed by atoms with E-state index in [-0.39, 0.29) is 37.5 Å². The first-order chi connectivity index (χ1) is 30.5. The Hall–Kier alpha value is -3.41. The number of esters is 3. The van der Waals surface area contributed by atoms with Crippen LogP contribution in [0, 0.1) is 0 Å². The third-order valence-electron chi connectivity index (χ3n) is 10.6. The van der Waals surface area contributed by atoms with Gasteiger partial charge in [0.05, 0.1) is 0 Å². The number of carbonyl (C=O) groups is 3. The van der Waals surface area contributed by atoms with Crippen molar-refractivity contribution in [3.05, 3.63) is 85.1 Å². The third-order valence-corrected chi connectivity index (χ3v) is 10.6. The van der Waals surface area contributed by atoms with E-state index < -0.39 is 6.10 Å². The van der Waals surface area contributed by atoms with Gasteiger partial charge in [0.1, 0.15) is 13.2 Å². The lowest BCUT2D eigenvalue weighted by Gasteiger charge is -2.18. The van der Waals surface area contributed by atoms with Gasteiger partial charge in [-0.1, -0.05) is 189 Å². The molecule has 0 bridgehead atoms. The van der Waals surface area contributed by atoms with E-state index in [0.29, 0.717) is 12.8 Å². The molecule has 62 heavy (non-hydrogen) atoms. The molecule has 1 unspecified atom stereocenters. The van der Waals surface area contributed by atoms with Gasteiger partial charge in [-0.05, 0) is 109 Å². The average Bonchev–Trinajstić information content (AvgIpc) is 3.27. The molecule has 354 valence electrons. The molecule has 0 radical (unpaired) electrons. The maximum Gasteiger partial charge on any atom is 0.306 e. The van der Waals surface area contributed by atoms with E-state index in [1.807, 2.05) is 0 Å². The number of rotatable bonds is 45. The normalized spacial score (nSPS) is 12.8. The van der Waals surface area contributed by atoms with Crippen LogP contribution in [0.3, 0.4) is 0 Å². The van der Waals surface area contributed by atoms with Gasteiger partial charge in [-0.3, -0.25) is 14.4 Å². The topological polar surface area (TPSA) is 78.9 Å². The third kappa shape index (κ3) is 47.6. The van der Waals surface area contributed by atoms with E-state index in [0.717, 1.165) is 116 Å². The fourth-order valence-electron chi connectivity index (χ4n) is 6.77. The standard InChI is InChI=1S/C56H94O6/c1-4-7-10-13-16-19-22-25-27-29-31-34-37-40-43-46-49-55(58)61-52-53(51-60-54(57)48-45-42-39-36-33-24-21-18-15-12-9-6-3)62-56(59)50-47-44-41-38-35-32-30-28-26-23-20-17-14-11-8-5-2/h7,10,16,18-19,21,25,27-28,30-32,34-35,53H,4-6,8-9,11-15,17,20,22-24,26,29,33,36-52H2,1-3H3/b10-7-,19-16-,21-18-,27-25-,30-28-,34-31-,35-32-. The van der Waals surface area contributed by atoms with Crippen LogP contribution in [0.15, 0.2) is 85.1 Å². The largest absolute Gasteiger partial charge is 0.462 e. The molecule has 0 fully saturated rings. The van der Waals surface area contributed by atoms with E-state index in [9.17, 15) is 14.4 Å². The van der Waals surface area contributed by atoms with Crippen molar-refractivity contribution in [2.45, 2.75) is 239 Å². The zero-order chi connectivity index (χ0) is 45.1. The highest BCUT2D eigenvalue weighted by Gasteiger charge is 2.19. The fourth-order valence-corrected chi connectivity index (χ4v) is 6.77. The molecule has 0 amide bonds. The molecule has 0 N–H and O–H groups in total. The van der Waals surface area contributed by atoms with Crippen molar-refractivity contribution in [3.63, 3.8) is 0 Å². The van der Waals surface area contributed by atoms with Crippen LogP contribution < -0.4 is 0 Å². The van der Waals surface area contributed by atoms with Gasteiger partial charge in [-0.15, -0.1) is 0 Å². The molecular formula is C56H94O6. The van der Waals surface area contributed by atoms with Gasteiger partial charge in [0.15, 0.2) is 6.10 Å². The maximum absolute atomic E-state index is 12.8. The molecule has 0 aliphatic heterocycles. The Bertz CT molecular complexity index is 1220. The maximum atomic E-state index is 12.8. The fraction of sp³-hybridized carbons (Fsp3) is 0.696. The summed E-state index contributed by atoms with van der Waals surface area (Å²) in [6.45, 7) is 6.43. The Morgan fingerprint density at radius 3 is 1.15 bits per heavy atom. The molecule has 6 heteroatoms. The van der Waals surface area contributed by atoms with Crippen molar-refractivity contribution in [1.82, 2.24) is 0 Å². The van der Waals surface area contributed by atoms with Gasteiger partial charge in [0.2, 0.25) is 0 Å². The van der Waals surface area contributed by atoms with Crippen LogP contribution in [0.4, 0.5) is 0 Å². The molecule has 0 aromatic carbocycles. The SMILES string of the molecule is CC/C=C\C/C=C\C/C=C\C/C=C\CCCCCC(=O)OCC(COC(=O)CCCCCCC/C=C\CCCCC)OC(=O)CCCCC/C=C\C=C/CCCCCCCCC. The predicted octanol–water partition coefficient (Wildman–Crippen LogP) is 16.8. The second kappa shape index (κ2) is 50.2. The monoisotopic (exact) mass is 863 g/mol. The summed E-state index contributed by atoms with van der Waals surface area (Å²) in [6, 6.07) is 0. The molecule has 0 aliphatic rings. The molecule has 6 nitrogen and oxygen atoms in total. The number of carbonyl (C=O) groups excluding carboxylic acids is 3. The van der Waals surface area contributed by atoms with Gasteiger partial charge in [-0.25, -0.2) is 0 Å². The molecule has 0 aromatic rings. The minimum absolute atomic E-state index is 0.103. The van der Waals surface area contributed by atoms with Gasteiger partial charge >= 0.3 is 17.9 Å². The Morgan fingerprint density at radius 1 is 0.355 bits per heavy atom.